The van der Waals surface area contributed by atoms with Crippen LogP contribution in [0.2, 0.25) is 0 Å². The monoisotopic (exact) mass is 354 g/mol. The zero-order valence-electron chi connectivity index (χ0n) is 10.3. The van der Waals surface area contributed by atoms with Crippen LogP contribution in [0.25, 0.3) is 0 Å². The van der Waals surface area contributed by atoms with E-state index in [0.717, 1.165) is 12.8 Å². The zero-order chi connectivity index (χ0) is 12.8. The van der Waals surface area contributed by atoms with Crippen LogP contribution in [-0.2, 0) is 9.53 Å². The number of piperidine rings is 1. The van der Waals surface area contributed by atoms with Crippen molar-refractivity contribution >= 4 is 34.6 Å². The van der Waals surface area contributed by atoms with Gasteiger partial charge in [-0.15, -0.1) is 0 Å². The Labute approximate surface area is 116 Å². The molecule has 5 nitrogen and oxygen atoms in total. The van der Waals surface area contributed by atoms with Gasteiger partial charge in [0.05, 0.1) is 11.0 Å². The fraction of sp³-hybridized carbons (Fsp3) is 0.818. The summed E-state index contributed by atoms with van der Waals surface area (Å²) in [4.78, 5) is 26.5. The predicted octanol–water partition coefficient (Wildman–Crippen LogP) is 1.50. The van der Waals surface area contributed by atoms with Gasteiger partial charge in [-0.25, -0.2) is 4.79 Å². The zero-order valence-corrected chi connectivity index (χ0v) is 12.5. The number of hydrogen-bond acceptors (Lipinski definition) is 3. The molecule has 1 aliphatic rings. The lowest BCUT2D eigenvalue weighted by Gasteiger charge is -2.36. The average molecular weight is 354 g/mol. The van der Waals surface area contributed by atoms with Crippen LogP contribution in [0.1, 0.15) is 19.8 Å². The summed E-state index contributed by atoms with van der Waals surface area (Å²) in [7, 11) is 1.84. The predicted molar refractivity (Wildman–Crippen MR) is 73.3 cm³/mol. The topological polar surface area (TPSA) is 49.9 Å². The molecule has 0 spiro atoms. The minimum absolute atomic E-state index is 0.153. The van der Waals surface area contributed by atoms with Crippen LogP contribution in [0.3, 0.4) is 0 Å². The summed E-state index contributed by atoms with van der Waals surface area (Å²) in [6, 6.07) is 0.253. The van der Waals surface area contributed by atoms with E-state index in [1.54, 1.807) is 16.7 Å². The molecule has 1 aliphatic heterocycles. The Bertz CT molecular complexity index is 278. The number of hydrogen-bond donors (Lipinski definition) is 0. The van der Waals surface area contributed by atoms with Gasteiger partial charge in [-0.1, -0.05) is 22.6 Å². The summed E-state index contributed by atoms with van der Waals surface area (Å²) in [6.45, 7) is 3.55. The van der Waals surface area contributed by atoms with Crippen molar-refractivity contribution in [1.82, 2.24) is 9.80 Å². The SMILES string of the molecule is CCOC(=O)N1CCC(N(C)C(=O)CI)CC1. The minimum atomic E-state index is -0.242. The summed E-state index contributed by atoms with van der Waals surface area (Å²) >= 11 is 2.07. The molecule has 0 unspecified atom stereocenters. The quantitative estimate of drug-likeness (QED) is 0.570. The van der Waals surface area contributed by atoms with Crippen LogP contribution < -0.4 is 0 Å². The summed E-state index contributed by atoms with van der Waals surface area (Å²) < 4.78 is 5.46. The third-order valence-corrected chi connectivity index (χ3v) is 3.70. The smallest absolute Gasteiger partial charge is 0.409 e. The Morgan fingerprint density at radius 2 is 2.00 bits per heavy atom. The van der Waals surface area contributed by atoms with Crippen molar-refractivity contribution in [2.24, 2.45) is 0 Å². The number of likely N-dealkylation sites (tertiary alicyclic amines) is 1. The Hall–Kier alpha value is -0.530. The van der Waals surface area contributed by atoms with Gasteiger partial charge >= 0.3 is 6.09 Å². The summed E-state index contributed by atoms with van der Waals surface area (Å²) in [5.74, 6) is 0.153. The molecular weight excluding hydrogens is 335 g/mol. The first-order valence-corrected chi connectivity index (χ1v) is 7.36. The first-order chi connectivity index (χ1) is 8.10. The second kappa shape index (κ2) is 7.03. The fourth-order valence-corrected chi connectivity index (χ4v) is 2.49. The van der Waals surface area contributed by atoms with Gasteiger partial charge in [-0.05, 0) is 19.8 Å². The number of carbonyl (C=O) groups is 2. The van der Waals surface area contributed by atoms with E-state index in [-0.39, 0.29) is 18.0 Å². The van der Waals surface area contributed by atoms with Crippen LogP contribution in [-0.4, -0.2) is 59.0 Å². The van der Waals surface area contributed by atoms with Crippen molar-refractivity contribution in [3.05, 3.63) is 0 Å². The molecule has 1 saturated heterocycles. The first-order valence-electron chi connectivity index (χ1n) is 5.83. The van der Waals surface area contributed by atoms with Crippen molar-refractivity contribution in [1.29, 1.82) is 0 Å². The van der Waals surface area contributed by atoms with E-state index >= 15 is 0 Å². The number of rotatable bonds is 3. The molecule has 0 aromatic heterocycles. The number of amides is 2. The lowest BCUT2D eigenvalue weighted by atomic mass is 10.0. The fourth-order valence-electron chi connectivity index (χ4n) is 1.95. The maximum absolute atomic E-state index is 11.5. The molecule has 0 bridgehead atoms. The van der Waals surface area contributed by atoms with Crippen molar-refractivity contribution in [2.75, 3.05) is 31.2 Å². The second-order valence-corrected chi connectivity index (χ2v) is 4.82. The van der Waals surface area contributed by atoms with Gasteiger partial charge in [-0.3, -0.25) is 4.79 Å². The van der Waals surface area contributed by atoms with Gasteiger partial charge in [0, 0.05) is 26.2 Å². The first kappa shape index (κ1) is 14.5. The Morgan fingerprint density at radius 1 is 1.41 bits per heavy atom. The van der Waals surface area contributed by atoms with E-state index in [4.69, 9.17) is 4.74 Å². The normalized spacial score (nSPS) is 16.8. The largest absolute Gasteiger partial charge is 0.450 e. The highest BCUT2D eigenvalue weighted by atomic mass is 127. The van der Waals surface area contributed by atoms with Gasteiger partial charge < -0.3 is 14.5 Å². The molecule has 1 fully saturated rings. The summed E-state index contributed by atoms with van der Waals surface area (Å²) in [6.07, 6.45) is 1.42. The van der Waals surface area contributed by atoms with Crippen LogP contribution in [0.15, 0.2) is 0 Å². The highest BCUT2D eigenvalue weighted by Crippen LogP contribution is 2.16. The van der Waals surface area contributed by atoms with Crippen molar-refractivity contribution in [3.63, 3.8) is 0 Å². The molecule has 0 atom stereocenters. The van der Waals surface area contributed by atoms with E-state index in [0.29, 0.717) is 24.1 Å². The van der Waals surface area contributed by atoms with E-state index in [1.807, 2.05) is 7.05 Å². The van der Waals surface area contributed by atoms with Crippen molar-refractivity contribution in [3.8, 4) is 0 Å². The van der Waals surface area contributed by atoms with Crippen LogP contribution in [0, 0.1) is 0 Å². The minimum Gasteiger partial charge on any atom is -0.450 e. The summed E-state index contributed by atoms with van der Waals surface area (Å²) in [5, 5.41) is 0. The molecule has 0 aliphatic carbocycles. The Balaban J connectivity index is 2.40. The van der Waals surface area contributed by atoms with E-state index < -0.39 is 0 Å². The standard InChI is InChI=1S/C11H19IN2O3/c1-3-17-11(16)14-6-4-9(5-7-14)13(2)10(15)8-12/h9H,3-8H2,1-2H3. The van der Waals surface area contributed by atoms with Crippen LogP contribution in [0.5, 0.6) is 0 Å². The lowest BCUT2D eigenvalue weighted by molar-refractivity contribution is -0.129. The molecule has 0 radical (unpaired) electrons. The molecular formula is C11H19IN2O3. The molecule has 17 heavy (non-hydrogen) atoms. The average Bonchev–Trinajstić information content (AvgIpc) is 2.37. The maximum Gasteiger partial charge on any atom is 0.409 e. The van der Waals surface area contributed by atoms with Crippen LogP contribution in [0.4, 0.5) is 4.79 Å². The van der Waals surface area contributed by atoms with Gasteiger partial charge in [0.1, 0.15) is 0 Å². The summed E-state index contributed by atoms with van der Waals surface area (Å²) in [5.41, 5.74) is 0. The molecule has 2 amide bonds. The van der Waals surface area contributed by atoms with E-state index in [1.165, 1.54) is 0 Å². The van der Waals surface area contributed by atoms with Gasteiger partial charge in [0.15, 0.2) is 0 Å². The van der Waals surface area contributed by atoms with Crippen LogP contribution >= 0.6 is 22.6 Å². The van der Waals surface area contributed by atoms with Gasteiger partial charge in [-0.2, -0.15) is 0 Å². The number of ether oxygens (including phenoxy) is 1. The molecule has 0 aromatic carbocycles. The highest BCUT2D eigenvalue weighted by molar-refractivity contribution is 14.1. The second-order valence-electron chi connectivity index (χ2n) is 4.06. The highest BCUT2D eigenvalue weighted by Gasteiger charge is 2.27. The molecule has 6 heteroatoms. The van der Waals surface area contributed by atoms with E-state index in [9.17, 15) is 9.59 Å². The molecule has 1 heterocycles. The van der Waals surface area contributed by atoms with Gasteiger partial charge in [0.25, 0.3) is 0 Å². The number of alkyl halides is 1. The molecule has 0 aromatic rings. The Kier molecular flexibility index (Phi) is 6.01. The molecule has 0 saturated carbocycles. The molecule has 98 valence electrons. The van der Waals surface area contributed by atoms with Crippen molar-refractivity contribution < 1.29 is 14.3 Å². The number of nitrogens with zero attached hydrogens (tertiary/aromatic N) is 2. The molecule has 0 N–H and O–H groups in total. The van der Waals surface area contributed by atoms with Crippen molar-refractivity contribution in [2.45, 2.75) is 25.8 Å². The Morgan fingerprint density at radius 3 is 2.47 bits per heavy atom. The number of carbonyl (C=O) groups excluding carboxylic acids is 2. The third-order valence-electron chi connectivity index (χ3n) is 3.05. The van der Waals surface area contributed by atoms with Gasteiger partial charge in [0.2, 0.25) is 5.91 Å². The number of halogens is 1. The maximum atomic E-state index is 11.5. The lowest BCUT2D eigenvalue weighted by Crippen LogP contribution is -2.47. The third kappa shape index (κ3) is 4.01. The molecule has 1 rings (SSSR count). The van der Waals surface area contributed by atoms with E-state index in [2.05, 4.69) is 22.6 Å².